The van der Waals surface area contributed by atoms with Gasteiger partial charge in [-0.1, -0.05) is 18.2 Å². The van der Waals surface area contributed by atoms with Crippen molar-refractivity contribution in [1.82, 2.24) is 19.5 Å². The van der Waals surface area contributed by atoms with Crippen molar-refractivity contribution in [2.24, 2.45) is 0 Å². The molecule has 2 aromatic carbocycles. The van der Waals surface area contributed by atoms with E-state index in [4.69, 9.17) is 9.47 Å². The largest absolute Gasteiger partial charge is 0.486 e. The van der Waals surface area contributed by atoms with Gasteiger partial charge in [-0.05, 0) is 45.0 Å². The normalized spacial score (nSPS) is 20.8. The van der Waals surface area contributed by atoms with E-state index >= 15 is 0 Å². The van der Waals surface area contributed by atoms with Crippen molar-refractivity contribution in [3.05, 3.63) is 87.0 Å². The van der Waals surface area contributed by atoms with Crippen molar-refractivity contribution in [2.45, 2.75) is 56.8 Å². The maximum Gasteiger partial charge on any atom is 0.280 e. The Morgan fingerprint density at radius 1 is 1.23 bits per heavy atom. The summed E-state index contributed by atoms with van der Waals surface area (Å²) in [4.78, 5) is 61.6. The molecule has 1 saturated heterocycles. The second-order valence-corrected chi connectivity index (χ2v) is 11.4. The Labute approximate surface area is 249 Å². The molecule has 15 heteroatoms. The van der Waals surface area contributed by atoms with E-state index in [9.17, 15) is 34.7 Å². The summed E-state index contributed by atoms with van der Waals surface area (Å²) >= 11 is 0. The molecule has 1 unspecified atom stereocenters. The Hall–Kier alpha value is -4.99. The summed E-state index contributed by atoms with van der Waals surface area (Å²) in [5.74, 6) is -1.15. The standard InChI is InChI=1S/C29H30N6O9/c1-28(2,3)33-27-31-25-21(26(40)32-27)30-15-34(25)29(20(37)14-43-18-7-5-4-6-8-18)13-19(36)24(44-29)23(39)22(38)16-9-11-17(12-10-16)35(41)42/h4-12,15,19,23-24,36,39H,13-14H2,1-3H3,(H2,31,32,33,40)/t19-,23?,24-,29-/m0/s1. The number of ketones is 2. The highest BCUT2D eigenvalue weighted by molar-refractivity contribution is 6.00. The van der Waals surface area contributed by atoms with Crippen molar-refractivity contribution >= 4 is 34.4 Å². The lowest BCUT2D eigenvalue weighted by molar-refractivity contribution is -0.384. The van der Waals surface area contributed by atoms with Gasteiger partial charge in [-0.2, -0.15) is 4.98 Å². The lowest BCUT2D eigenvalue weighted by Crippen LogP contribution is -2.46. The Morgan fingerprint density at radius 2 is 1.91 bits per heavy atom. The van der Waals surface area contributed by atoms with Crippen LogP contribution in [-0.2, 0) is 15.3 Å². The maximum atomic E-state index is 14.0. The molecular weight excluding hydrogens is 576 g/mol. The van der Waals surface area contributed by atoms with E-state index in [-0.39, 0.29) is 28.4 Å². The van der Waals surface area contributed by atoms with Crippen LogP contribution in [0.2, 0.25) is 0 Å². The molecule has 1 aliphatic rings. The molecule has 1 aliphatic heterocycles. The summed E-state index contributed by atoms with van der Waals surface area (Å²) in [6, 6.07) is 13.0. The summed E-state index contributed by atoms with van der Waals surface area (Å²) in [7, 11) is 0. The van der Waals surface area contributed by atoms with E-state index < -0.39 is 64.7 Å². The van der Waals surface area contributed by atoms with Crippen molar-refractivity contribution in [3.63, 3.8) is 0 Å². The van der Waals surface area contributed by atoms with Gasteiger partial charge in [0.2, 0.25) is 17.5 Å². The number of fused-ring (bicyclic) bond motifs is 1. The molecule has 4 N–H and O–H groups in total. The van der Waals surface area contributed by atoms with Gasteiger partial charge in [0.1, 0.15) is 24.3 Å². The molecule has 1 fully saturated rings. The fourth-order valence-corrected chi connectivity index (χ4v) is 4.93. The van der Waals surface area contributed by atoms with E-state index in [1.165, 1.54) is 16.7 Å². The second kappa shape index (κ2) is 11.6. The third kappa shape index (κ3) is 5.92. The van der Waals surface area contributed by atoms with Gasteiger partial charge < -0.3 is 25.0 Å². The third-order valence-electron chi connectivity index (χ3n) is 6.98. The lowest BCUT2D eigenvalue weighted by atomic mass is 9.96. The number of benzene rings is 2. The molecule has 0 amide bonds. The zero-order valence-electron chi connectivity index (χ0n) is 24.0. The Morgan fingerprint density at radius 3 is 2.55 bits per heavy atom. The minimum Gasteiger partial charge on any atom is -0.486 e. The summed E-state index contributed by atoms with van der Waals surface area (Å²) in [5, 5.41) is 36.2. The molecule has 0 bridgehead atoms. The number of aromatic amines is 1. The van der Waals surface area contributed by atoms with E-state index in [1.54, 1.807) is 30.3 Å². The van der Waals surface area contributed by atoms with Gasteiger partial charge in [0.15, 0.2) is 23.6 Å². The first kappa shape index (κ1) is 30.5. The minimum absolute atomic E-state index is 0.0578. The fourth-order valence-electron chi connectivity index (χ4n) is 4.93. The van der Waals surface area contributed by atoms with E-state index in [1.807, 2.05) is 20.8 Å². The summed E-state index contributed by atoms with van der Waals surface area (Å²) in [6.45, 7) is 5.01. The second-order valence-electron chi connectivity index (χ2n) is 11.4. The summed E-state index contributed by atoms with van der Waals surface area (Å²) in [6.07, 6.45) is -4.44. The van der Waals surface area contributed by atoms with Gasteiger partial charge in [-0.3, -0.25) is 34.0 Å². The van der Waals surface area contributed by atoms with Crippen LogP contribution in [0.4, 0.5) is 11.6 Å². The molecule has 230 valence electrons. The van der Waals surface area contributed by atoms with Crippen LogP contribution in [0.15, 0.2) is 65.7 Å². The molecule has 15 nitrogen and oxygen atoms in total. The number of carbonyl (C=O) groups is 2. The summed E-state index contributed by atoms with van der Waals surface area (Å²) in [5.41, 5.74) is -3.72. The first-order valence-electron chi connectivity index (χ1n) is 13.6. The number of aliphatic hydroxyl groups is 2. The number of carbonyl (C=O) groups excluding carboxylic acids is 2. The zero-order valence-corrected chi connectivity index (χ0v) is 24.0. The number of nitrogens with zero attached hydrogens (tertiary/aromatic N) is 4. The van der Waals surface area contributed by atoms with E-state index in [0.717, 1.165) is 18.5 Å². The first-order valence-corrected chi connectivity index (χ1v) is 13.6. The van der Waals surface area contributed by atoms with Crippen LogP contribution in [0.25, 0.3) is 11.2 Å². The minimum atomic E-state index is -2.11. The maximum absolute atomic E-state index is 14.0. The smallest absolute Gasteiger partial charge is 0.280 e. The highest BCUT2D eigenvalue weighted by Crippen LogP contribution is 2.40. The molecule has 5 rings (SSSR count). The number of nitro groups is 1. The number of hydrogen-bond acceptors (Lipinski definition) is 12. The average Bonchev–Trinajstić information content (AvgIpc) is 3.57. The van der Waals surface area contributed by atoms with Gasteiger partial charge in [-0.25, -0.2) is 4.98 Å². The van der Waals surface area contributed by atoms with Crippen molar-refractivity contribution < 1.29 is 34.2 Å². The lowest BCUT2D eigenvalue weighted by Gasteiger charge is -2.30. The van der Waals surface area contributed by atoms with Gasteiger partial charge in [0, 0.05) is 29.7 Å². The van der Waals surface area contributed by atoms with Crippen molar-refractivity contribution in [2.75, 3.05) is 11.9 Å². The number of rotatable bonds is 10. The fraction of sp³-hybridized carbons (Fsp3) is 0.345. The number of aromatic nitrogens is 4. The summed E-state index contributed by atoms with van der Waals surface area (Å²) < 4.78 is 13.0. The molecule has 2 aromatic heterocycles. The number of ether oxygens (including phenoxy) is 2. The topological polar surface area (TPSA) is 212 Å². The number of H-pyrrole nitrogens is 1. The van der Waals surface area contributed by atoms with Crippen LogP contribution in [0.3, 0.4) is 0 Å². The molecule has 4 atom stereocenters. The number of hydrogen-bond donors (Lipinski definition) is 4. The van der Waals surface area contributed by atoms with Crippen LogP contribution in [0.5, 0.6) is 5.75 Å². The monoisotopic (exact) mass is 606 g/mol. The van der Waals surface area contributed by atoms with Crippen LogP contribution >= 0.6 is 0 Å². The number of aliphatic hydroxyl groups excluding tert-OH is 2. The number of imidazole rings is 1. The Balaban J connectivity index is 1.54. The van der Waals surface area contributed by atoms with Crippen LogP contribution in [-0.4, -0.2) is 76.7 Å². The van der Waals surface area contributed by atoms with Gasteiger partial charge >= 0.3 is 0 Å². The SMILES string of the molecule is CC(C)(C)Nc1nc2c(ncn2[C@@]2(C(=O)COc3ccccc3)C[C@H](O)[C@@H](C(O)C(=O)c3ccc([N+](=O)[O-])cc3)O2)c(=O)[nH]1. The molecule has 0 spiro atoms. The Bertz CT molecular complexity index is 1760. The van der Waals surface area contributed by atoms with Gasteiger partial charge in [0.25, 0.3) is 11.2 Å². The van der Waals surface area contributed by atoms with Gasteiger partial charge in [0.05, 0.1) is 11.0 Å². The highest BCUT2D eigenvalue weighted by Gasteiger charge is 2.56. The predicted molar refractivity (Wildman–Crippen MR) is 155 cm³/mol. The third-order valence-corrected chi connectivity index (χ3v) is 6.98. The highest BCUT2D eigenvalue weighted by atomic mass is 16.6. The first-order chi connectivity index (χ1) is 20.8. The number of nitro benzene ring substituents is 1. The molecule has 4 aromatic rings. The van der Waals surface area contributed by atoms with E-state index in [0.29, 0.717) is 5.75 Å². The zero-order chi connectivity index (χ0) is 31.8. The molecule has 3 heterocycles. The van der Waals surface area contributed by atoms with E-state index in [2.05, 4.69) is 20.3 Å². The Kier molecular flexibility index (Phi) is 8.03. The number of Topliss-reactive ketones (excluding diaryl/α,β-unsaturated/α-hetero) is 2. The molecule has 44 heavy (non-hydrogen) atoms. The predicted octanol–water partition coefficient (Wildman–Crippen LogP) is 1.93. The number of anilines is 1. The molecular formula is C29H30N6O9. The number of nitrogens with one attached hydrogen (secondary N) is 2. The number of para-hydroxylation sites is 1. The van der Waals surface area contributed by atoms with Crippen LogP contribution in [0.1, 0.15) is 37.6 Å². The number of non-ortho nitro benzene ring substituents is 1. The van der Waals surface area contributed by atoms with Crippen molar-refractivity contribution in [3.8, 4) is 5.75 Å². The van der Waals surface area contributed by atoms with Crippen LogP contribution in [0, 0.1) is 10.1 Å². The molecule has 0 radical (unpaired) electrons. The molecule has 0 aliphatic carbocycles. The molecule has 0 saturated carbocycles. The average molecular weight is 607 g/mol. The quantitative estimate of drug-likeness (QED) is 0.116. The van der Waals surface area contributed by atoms with Gasteiger partial charge in [-0.15, -0.1) is 0 Å². The van der Waals surface area contributed by atoms with Crippen molar-refractivity contribution in [1.29, 1.82) is 0 Å². The van der Waals surface area contributed by atoms with Crippen LogP contribution < -0.4 is 15.6 Å².